The number of nitrogens with zero attached hydrogens (tertiary/aromatic N) is 1. The van der Waals surface area contributed by atoms with E-state index in [1.54, 1.807) is 6.92 Å². The summed E-state index contributed by atoms with van der Waals surface area (Å²) < 4.78 is 45.2. The molecule has 0 radical (unpaired) electrons. The summed E-state index contributed by atoms with van der Waals surface area (Å²) in [6.07, 6.45) is -5.26. The number of alkyl halides is 3. The van der Waals surface area contributed by atoms with Crippen molar-refractivity contribution in [3.05, 3.63) is 17.5 Å². The zero-order valence-corrected chi connectivity index (χ0v) is 10.7. The second-order valence-electron chi connectivity index (χ2n) is 3.71. The lowest BCUT2D eigenvalue weighted by molar-refractivity contribution is -0.274. The van der Waals surface area contributed by atoms with E-state index in [-0.39, 0.29) is 36.6 Å². The molecule has 1 aromatic heterocycles. The first-order valence-corrected chi connectivity index (χ1v) is 5.66. The predicted octanol–water partition coefficient (Wildman–Crippen LogP) is 1.13. The largest absolute Gasteiger partial charge is 0.573 e. The Kier molecular flexibility index (Phi) is 5.14. The Morgan fingerprint density at radius 1 is 1.45 bits per heavy atom. The zero-order chi connectivity index (χ0) is 15.3. The zero-order valence-electron chi connectivity index (χ0n) is 10.7. The van der Waals surface area contributed by atoms with Crippen LogP contribution in [0.1, 0.15) is 18.3 Å². The van der Waals surface area contributed by atoms with Crippen LogP contribution in [0.4, 0.5) is 18.9 Å². The highest BCUT2D eigenvalue weighted by Crippen LogP contribution is 2.31. The lowest BCUT2D eigenvalue weighted by atomic mass is 10.2. The summed E-state index contributed by atoms with van der Waals surface area (Å²) in [6.45, 7) is 1.62. The average molecular weight is 293 g/mol. The summed E-state index contributed by atoms with van der Waals surface area (Å²) in [4.78, 5) is 15.3. The summed E-state index contributed by atoms with van der Waals surface area (Å²) in [5.74, 6) is -1.29. The van der Waals surface area contributed by atoms with Gasteiger partial charge in [0.15, 0.2) is 5.75 Å². The maximum absolute atomic E-state index is 12.3. The van der Waals surface area contributed by atoms with Crippen molar-refractivity contribution in [1.29, 1.82) is 0 Å². The molecule has 0 spiro atoms. The second-order valence-corrected chi connectivity index (χ2v) is 3.71. The molecule has 0 aliphatic rings. The van der Waals surface area contributed by atoms with E-state index in [1.807, 2.05) is 0 Å². The summed E-state index contributed by atoms with van der Waals surface area (Å²) in [7, 11) is 0. The van der Waals surface area contributed by atoms with Crippen LogP contribution in [0.25, 0.3) is 0 Å². The molecule has 1 heterocycles. The number of nitrogens with two attached hydrogens (primary N) is 2. The van der Waals surface area contributed by atoms with E-state index in [1.165, 1.54) is 0 Å². The minimum atomic E-state index is -4.90. The molecule has 1 aromatic rings. The third-order valence-corrected chi connectivity index (χ3v) is 2.20. The fourth-order valence-electron chi connectivity index (χ4n) is 1.43. The highest BCUT2D eigenvalue weighted by atomic mass is 19.4. The number of nitrogen functional groups attached to an aromatic ring is 1. The maximum atomic E-state index is 12.3. The Hall–Kier alpha value is -2.03. The van der Waals surface area contributed by atoms with Gasteiger partial charge in [0.05, 0.1) is 30.1 Å². The van der Waals surface area contributed by atoms with Gasteiger partial charge >= 0.3 is 12.3 Å². The smallest absolute Gasteiger partial charge is 0.466 e. The van der Waals surface area contributed by atoms with Gasteiger partial charge in [-0.2, -0.15) is 0 Å². The molecule has 0 unspecified atom stereocenters. The number of halogens is 3. The average Bonchev–Trinajstić information content (AvgIpc) is 2.32. The lowest BCUT2D eigenvalue weighted by Gasteiger charge is -2.14. The van der Waals surface area contributed by atoms with Crippen molar-refractivity contribution in [2.75, 3.05) is 12.3 Å². The minimum absolute atomic E-state index is 0.0642. The predicted molar refractivity (Wildman–Crippen MR) is 63.6 cm³/mol. The van der Waals surface area contributed by atoms with Crippen LogP contribution in [0, 0.1) is 0 Å². The number of ether oxygens (including phenoxy) is 2. The number of anilines is 1. The van der Waals surface area contributed by atoms with Crippen LogP contribution in [0.15, 0.2) is 6.07 Å². The van der Waals surface area contributed by atoms with Gasteiger partial charge in [0.1, 0.15) is 0 Å². The van der Waals surface area contributed by atoms with Gasteiger partial charge in [-0.3, -0.25) is 9.78 Å². The van der Waals surface area contributed by atoms with Crippen molar-refractivity contribution < 1.29 is 27.4 Å². The second kappa shape index (κ2) is 6.42. The van der Waals surface area contributed by atoms with E-state index >= 15 is 0 Å². The SMILES string of the molecule is CCOC(=O)Cc1nc(CN)cc(OC(F)(F)F)c1N. The van der Waals surface area contributed by atoms with Crippen LogP contribution in [0.2, 0.25) is 0 Å². The van der Waals surface area contributed by atoms with Crippen LogP contribution in [0.3, 0.4) is 0 Å². The van der Waals surface area contributed by atoms with Crippen molar-refractivity contribution in [3.8, 4) is 5.75 Å². The molecule has 112 valence electrons. The van der Waals surface area contributed by atoms with Crippen molar-refractivity contribution >= 4 is 11.7 Å². The molecule has 6 nitrogen and oxygen atoms in total. The van der Waals surface area contributed by atoms with Crippen LogP contribution in [-0.2, 0) is 22.5 Å². The quantitative estimate of drug-likeness (QED) is 0.789. The summed E-state index contributed by atoms with van der Waals surface area (Å²) >= 11 is 0. The number of carbonyl (C=O) groups is 1. The molecule has 0 atom stereocenters. The van der Waals surface area contributed by atoms with Crippen molar-refractivity contribution in [1.82, 2.24) is 4.98 Å². The third-order valence-electron chi connectivity index (χ3n) is 2.20. The molecule has 0 aromatic carbocycles. The summed E-state index contributed by atoms with van der Waals surface area (Å²) in [6, 6.07) is 0.984. The molecular weight excluding hydrogens is 279 g/mol. The van der Waals surface area contributed by atoms with Gasteiger partial charge in [-0.15, -0.1) is 13.2 Å². The molecule has 0 amide bonds. The summed E-state index contributed by atoms with van der Waals surface area (Å²) in [5, 5.41) is 0. The molecule has 4 N–H and O–H groups in total. The van der Waals surface area contributed by atoms with E-state index in [0.717, 1.165) is 6.07 Å². The monoisotopic (exact) mass is 293 g/mol. The minimum Gasteiger partial charge on any atom is -0.466 e. The first kappa shape index (κ1) is 16.0. The van der Waals surface area contributed by atoms with E-state index in [0.29, 0.717) is 0 Å². The van der Waals surface area contributed by atoms with Gasteiger partial charge in [-0.05, 0) is 6.92 Å². The molecule has 0 fully saturated rings. The lowest BCUT2D eigenvalue weighted by Crippen LogP contribution is -2.20. The number of carbonyl (C=O) groups excluding carboxylic acids is 1. The third kappa shape index (κ3) is 4.57. The van der Waals surface area contributed by atoms with Crippen molar-refractivity contribution in [3.63, 3.8) is 0 Å². The van der Waals surface area contributed by atoms with Crippen molar-refractivity contribution in [2.45, 2.75) is 26.3 Å². The molecule has 9 heteroatoms. The van der Waals surface area contributed by atoms with Gasteiger partial charge in [-0.25, -0.2) is 0 Å². The molecule has 20 heavy (non-hydrogen) atoms. The Balaban J connectivity index is 3.10. The fraction of sp³-hybridized carbons (Fsp3) is 0.455. The first-order valence-electron chi connectivity index (χ1n) is 5.66. The molecule has 0 aliphatic carbocycles. The van der Waals surface area contributed by atoms with Gasteiger partial charge in [0, 0.05) is 12.6 Å². The highest BCUT2D eigenvalue weighted by Gasteiger charge is 2.33. The van der Waals surface area contributed by atoms with E-state index < -0.39 is 18.1 Å². The normalized spacial score (nSPS) is 11.2. The van der Waals surface area contributed by atoms with E-state index in [4.69, 9.17) is 11.5 Å². The maximum Gasteiger partial charge on any atom is 0.573 e. The number of aromatic nitrogens is 1. The Labute approximate surface area is 112 Å². The first-order chi connectivity index (χ1) is 9.26. The van der Waals surface area contributed by atoms with Crippen LogP contribution in [-0.4, -0.2) is 23.9 Å². The Bertz CT molecular complexity index is 492. The van der Waals surface area contributed by atoms with Gasteiger partial charge in [-0.1, -0.05) is 0 Å². The highest BCUT2D eigenvalue weighted by molar-refractivity contribution is 5.75. The van der Waals surface area contributed by atoms with Gasteiger partial charge in [0.25, 0.3) is 0 Å². The molecule has 1 rings (SSSR count). The van der Waals surface area contributed by atoms with Crippen LogP contribution < -0.4 is 16.2 Å². The Morgan fingerprint density at radius 2 is 2.10 bits per heavy atom. The fourth-order valence-corrected chi connectivity index (χ4v) is 1.43. The number of esters is 1. The summed E-state index contributed by atoms with van der Waals surface area (Å²) in [5.41, 5.74) is 10.5. The van der Waals surface area contributed by atoms with E-state index in [9.17, 15) is 18.0 Å². The van der Waals surface area contributed by atoms with Crippen molar-refractivity contribution in [2.24, 2.45) is 5.73 Å². The number of hydrogen-bond acceptors (Lipinski definition) is 6. The standard InChI is InChI=1S/C11H14F3N3O3/c1-2-19-9(18)4-7-10(16)8(20-11(12,13)14)3-6(5-15)17-7/h3H,2,4-5,15-16H2,1H3. The number of hydrogen-bond donors (Lipinski definition) is 2. The molecular formula is C11H14F3N3O3. The topological polar surface area (TPSA) is 100 Å². The van der Waals surface area contributed by atoms with Crippen LogP contribution in [0.5, 0.6) is 5.75 Å². The van der Waals surface area contributed by atoms with E-state index in [2.05, 4.69) is 14.5 Å². The molecule has 0 bridgehead atoms. The van der Waals surface area contributed by atoms with Gasteiger partial charge in [0.2, 0.25) is 0 Å². The molecule has 0 saturated carbocycles. The molecule has 0 saturated heterocycles. The molecule has 0 aliphatic heterocycles. The Morgan fingerprint density at radius 3 is 2.60 bits per heavy atom. The van der Waals surface area contributed by atoms with Crippen LogP contribution >= 0.6 is 0 Å². The number of rotatable bonds is 5. The number of pyridine rings is 1. The van der Waals surface area contributed by atoms with Gasteiger partial charge < -0.3 is 20.9 Å².